The monoisotopic (exact) mass is 184 g/mol. The van der Waals surface area contributed by atoms with E-state index in [-0.39, 0.29) is 11.8 Å². The Morgan fingerprint density at radius 1 is 1.60 bits per heavy atom. The predicted octanol–water partition coefficient (Wildman–Crippen LogP) is 2.09. The topological polar surface area (TPSA) is 37.3 Å². The lowest BCUT2D eigenvalue weighted by molar-refractivity contribution is -0.137. The van der Waals surface area contributed by atoms with Gasteiger partial charge in [0.2, 0.25) is 0 Å². The molecule has 2 nitrogen and oxygen atoms in total. The van der Waals surface area contributed by atoms with Gasteiger partial charge in [0.1, 0.15) is 0 Å². The normalized spacial score (nSPS) is 13.0. The maximum atomic E-state index is 9.99. The Morgan fingerprint density at radius 3 is 2.60 bits per heavy atom. The van der Waals surface area contributed by atoms with E-state index in [9.17, 15) is 4.79 Å². The molecule has 0 aliphatic rings. The van der Waals surface area contributed by atoms with E-state index >= 15 is 0 Å². The molecule has 0 fully saturated rings. The van der Waals surface area contributed by atoms with Crippen molar-refractivity contribution in [3.05, 3.63) is 0 Å². The number of hydrogen-bond acceptors (Lipinski definition) is 1. The highest BCUT2D eigenvalue weighted by atomic mass is 35.5. The van der Waals surface area contributed by atoms with Crippen molar-refractivity contribution in [3.8, 4) is 0 Å². The fraction of sp³-hybridized carbons (Fsp3) is 0.833. The van der Waals surface area contributed by atoms with E-state index in [1.165, 1.54) is 0 Å². The Bertz CT molecular complexity index is 106. The zero-order valence-electron chi connectivity index (χ0n) is 5.52. The molecular weight excluding hydrogens is 175 g/mol. The van der Waals surface area contributed by atoms with Crippen LogP contribution in [0.1, 0.15) is 19.3 Å². The van der Waals surface area contributed by atoms with Gasteiger partial charge in [0.25, 0.3) is 0 Å². The van der Waals surface area contributed by atoms with Gasteiger partial charge in [-0.15, -0.1) is 23.2 Å². The van der Waals surface area contributed by atoms with Crippen molar-refractivity contribution in [3.63, 3.8) is 0 Å². The number of carboxylic acid groups (broad SMARTS) is 1. The predicted molar refractivity (Wildman–Crippen MR) is 41.8 cm³/mol. The Kier molecular flexibility index (Phi) is 5.84. The molecule has 0 aromatic rings. The van der Waals surface area contributed by atoms with Crippen LogP contribution >= 0.6 is 23.2 Å². The summed E-state index contributed by atoms with van der Waals surface area (Å²) in [7, 11) is 0. The van der Waals surface area contributed by atoms with Gasteiger partial charge in [-0.05, 0) is 12.8 Å². The highest BCUT2D eigenvalue weighted by molar-refractivity contribution is 6.28. The summed E-state index contributed by atoms with van der Waals surface area (Å²) in [5.41, 5.74) is 0. The molecule has 0 saturated heterocycles. The van der Waals surface area contributed by atoms with Crippen molar-refractivity contribution < 1.29 is 9.90 Å². The number of aliphatic carboxylic acids is 1. The number of carboxylic acids is 1. The van der Waals surface area contributed by atoms with Gasteiger partial charge in [-0.2, -0.15) is 0 Å². The second-order valence-electron chi connectivity index (χ2n) is 2.04. The molecule has 60 valence electrons. The number of alkyl halides is 2. The Morgan fingerprint density at radius 2 is 2.20 bits per heavy atom. The lowest BCUT2D eigenvalue weighted by atomic mass is 10.2. The number of hydrogen-bond donors (Lipinski definition) is 1. The third-order valence-electron chi connectivity index (χ3n) is 1.08. The molecule has 1 atom stereocenters. The molecule has 0 aromatic carbocycles. The molecule has 0 saturated carbocycles. The highest BCUT2D eigenvalue weighted by Gasteiger charge is 2.03. The van der Waals surface area contributed by atoms with Crippen LogP contribution in [0.4, 0.5) is 0 Å². The van der Waals surface area contributed by atoms with E-state index < -0.39 is 5.97 Å². The van der Waals surface area contributed by atoms with Crippen LogP contribution in [-0.2, 0) is 4.79 Å². The molecule has 1 N–H and O–H groups in total. The van der Waals surface area contributed by atoms with E-state index in [0.29, 0.717) is 18.7 Å². The summed E-state index contributed by atoms with van der Waals surface area (Å²) in [4.78, 5) is 9.99. The average Bonchev–Trinajstić information content (AvgIpc) is 1.87. The number of carbonyl (C=O) groups is 1. The van der Waals surface area contributed by atoms with Crippen LogP contribution < -0.4 is 0 Å². The average molecular weight is 185 g/mol. The van der Waals surface area contributed by atoms with E-state index in [1.54, 1.807) is 0 Å². The van der Waals surface area contributed by atoms with Gasteiger partial charge in [0.05, 0.1) is 0 Å². The SMILES string of the molecule is O=C(O)CCCC(Cl)CCl. The van der Waals surface area contributed by atoms with Crippen LogP contribution in [0.5, 0.6) is 0 Å². The van der Waals surface area contributed by atoms with Crippen LogP contribution in [0.3, 0.4) is 0 Å². The highest BCUT2D eigenvalue weighted by Crippen LogP contribution is 2.08. The van der Waals surface area contributed by atoms with Crippen LogP contribution in [0, 0.1) is 0 Å². The summed E-state index contributed by atoms with van der Waals surface area (Å²) in [6.45, 7) is 0. The molecule has 0 rings (SSSR count). The first-order valence-corrected chi connectivity index (χ1v) is 4.05. The molecule has 1 unspecified atom stereocenters. The van der Waals surface area contributed by atoms with E-state index in [1.807, 2.05) is 0 Å². The first kappa shape index (κ1) is 10.0. The van der Waals surface area contributed by atoms with E-state index in [2.05, 4.69) is 0 Å². The van der Waals surface area contributed by atoms with Gasteiger partial charge in [-0.1, -0.05) is 0 Å². The molecule has 10 heavy (non-hydrogen) atoms. The van der Waals surface area contributed by atoms with Crippen molar-refractivity contribution in [2.75, 3.05) is 5.88 Å². The minimum Gasteiger partial charge on any atom is -0.481 e. The molecule has 0 bridgehead atoms. The maximum absolute atomic E-state index is 9.99. The van der Waals surface area contributed by atoms with E-state index in [4.69, 9.17) is 28.3 Å². The molecule has 0 amide bonds. The van der Waals surface area contributed by atoms with Crippen molar-refractivity contribution in [2.45, 2.75) is 24.6 Å². The molecule has 0 aliphatic carbocycles. The third-order valence-corrected chi connectivity index (χ3v) is 1.98. The van der Waals surface area contributed by atoms with Crippen LogP contribution in [-0.4, -0.2) is 22.3 Å². The third kappa shape index (κ3) is 6.17. The smallest absolute Gasteiger partial charge is 0.303 e. The molecule has 4 heteroatoms. The molecule has 0 heterocycles. The molecule has 0 spiro atoms. The Hall–Kier alpha value is 0.0500. The molecular formula is C6H10Cl2O2. The minimum absolute atomic E-state index is 0.0824. The van der Waals surface area contributed by atoms with E-state index in [0.717, 1.165) is 0 Å². The summed E-state index contributed by atoms with van der Waals surface area (Å²) < 4.78 is 0. The second kappa shape index (κ2) is 5.81. The van der Waals surface area contributed by atoms with Gasteiger partial charge in [-0.3, -0.25) is 4.79 Å². The van der Waals surface area contributed by atoms with Crippen LogP contribution in [0.2, 0.25) is 0 Å². The second-order valence-corrected chi connectivity index (χ2v) is 2.96. The molecule has 0 aliphatic heterocycles. The maximum Gasteiger partial charge on any atom is 0.303 e. The Balaban J connectivity index is 3.11. The fourth-order valence-electron chi connectivity index (χ4n) is 0.552. The quantitative estimate of drug-likeness (QED) is 0.665. The van der Waals surface area contributed by atoms with Gasteiger partial charge in [0, 0.05) is 17.7 Å². The fourth-order valence-corrected chi connectivity index (χ4v) is 0.861. The van der Waals surface area contributed by atoms with Gasteiger partial charge >= 0.3 is 5.97 Å². The number of rotatable bonds is 5. The Labute approximate surface area is 70.1 Å². The van der Waals surface area contributed by atoms with Crippen molar-refractivity contribution in [2.24, 2.45) is 0 Å². The first-order chi connectivity index (χ1) is 4.66. The lowest BCUT2D eigenvalue weighted by Crippen LogP contribution is -2.02. The van der Waals surface area contributed by atoms with Gasteiger partial charge in [-0.25, -0.2) is 0 Å². The summed E-state index contributed by atoms with van der Waals surface area (Å²) in [5.74, 6) is -0.389. The zero-order chi connectivity index (χ0) is 7.98. The van der Waals surface area contributed by atoms with Crippen LogP contribution in [0.15, 0.2) is 0 Å². The number of halogens is 2. The zero-order valence-corrected chi connectivity index (χ0v) is 7.03. The van der Waals surface area contributed by atoms with Crippen molar-refractivity contribution >= 4 is 29.2 Å². The summed E-state index contributed by atoms with van der Waals surface area (Å²) in [5, 5.41) is 8.14. The summed E-state index contributed by atoms with van der Waals surface area (Å²) in [6.07, 6.45) is 1.47. The standard InChI is InChI=1S/C6H10Cl2O2/c7-4-5(8)2-1-3-6(9)10/h5H,1-4H2,(H,9,10). The van der Waals surface area contributed by atoms with Crippen LogP contribution in [0.25, 0.3) is 0 Å². The molecule has 0 aromatic heterocycles. The summed E-state index contributed by atoms with van der Waals surface area (Å²) in [6, 6.07) is 0. The largest absolute Gasteiger partial charge is 0.481 e. The summed E-state index contributed by atoms with van der Waals surface area (Å²) >= 11 is 11.0. The minimum atomic E-state index is -0.779. The van der Waals surface area contributed by atoms with Gasteiger partial charge < -0.3 is 5.11 Å². The molecule has 0 radical (unpaired) electrons. The van der Waals surface area contributed by atoms with Crippen molar-refractivity contribution in [1.29, 1.82) is 0 Å². The van der Waals surface area contributed by atoms with Gasteiger partial charge in [0.15, 0.2) is 0 Å². The van der Waals surface area contributed by atoms with Crippen molar-refractivity contribution in [1.82, 2.24) is 0 Å². The lowest BCUT2D eigenvalue weighted by Gasteiger charge is -2.01. The first-order valence-electron chi connectivity index (χ1n) is 3.08.